The Kier molecular flexibility index (Phi) is 4.07. The van der Waals surface area contributed by atoms with E-state index in [4.69, 9.17) is 16.0 Å². The van der Waals surface area contributed by atoms with Crippen molar-refractivity contribution in [3.8, 4) is 0 Å². The largest absolute Gasteiger partial charge is 0.440 e. The lowest BCUT2D eigenvalue weighted by molar-refractivity contribution is -0.146. The van der Waals surface area contributed by atoms with Crippen LogP contribution in [0.15, 0.2) is 16.5 Å². The molecule has 2 amide bonds. The zero-order chi connectivity index (χ0) is 16.7. The van der Waals surface area contributed by atoms with Crippen LogP contribution < -0.4 is 0 Å². The molecule has 3 aliphatic rings. The van der Waals surface area contributed by atoms with Gasteiger partial charge in [0.05, 0.1) is 5.41 Å². The molecule has 1 saturated carbocycles. The lowest BCUT2D eigenvalue weighted by Crippen LogP contribution is -2.52. The molecule has 6 heteroatoms. The maximum absolute atomic E-state index is 13.1. The standard InChI is InChI=1S/C18H23ClN2O3/c19-15-6-5-14(24-15)16(22)21-10-8-18(12-21)7-2-9-20(17(18)23)11-13-3-1-4-13/h5-6,13H,1-4,7-12H2/t18-/m0/s1. The van der Waals surface area contributed by atoms with E-state index in [2.05, 4.69) is 4.90 Å². The molecule has 1 spiro atoms. The van der Waals surface area contributed by atoms with Crippen molar-refractivity contribution in [2.24, 2.45) is 11.3 Å². The molecule has 1 aliphatic carbocycles. The van der Waals surface area contributed by atoms with Crippen molar-refractivity contribution in [3.05, 3.63) is 23.1 Å². The third-order valence-corrected chi connectivity index (χ3v) is 6.16. The summed E-state index contributed by atoms with van der Waals surface area (Å²) in [6.07, 6.45) is 6.48. The number of carbonyl (C=O) groups excluding carboxylic acids is 2. The summed E-state index contributed by atoms with van der Waals surface area (Å²) >= 11 is 5.77. The highest BCUT2D eigenvalue weighted by Crippen LogP contribution is 2.41. The van der Waals surface area contributed by atoms with Gasteiger partial charge >= 0.3 is 0 Å². The number of furan rings is 1. The first kappa shape index (κ1) is 16.0. The van der Waals surface area contributed by atoms with E-state index in [1.807, 2.05) is 0 Å². The predicted octanol–water partition coefficient (Wildman–Crippen LogP) is 3.19. The number of rotatable bonds is 3. The first-order valence-electron chi connectivity index (χ1n) is 8.91. The van der Waals surface area contributed by atoms with Gasteiger partial charge in [0.1, 0.15) is 0 Å². The minimum Gasteiger partial charge on any atom is -0.440 e. The monoisotopic (exact) mass is 350 g/mol. The van der Waals surface area contributed by atoms with Crippen molar-refractivity contribution in [3.63, 3.8) is 0 Å². The first-order valence-corrected chi connectivity index (χ1v) is 9.29. The van der Waals surface area contributed by atoms with Crippen LogP contribution in [0.25, 0.3) is 0 Å². The van der Waals surface area contributed by atoms with Gasteiger partial charge in [-0.3, -0.25) is 9.59 Å². The summed E-state index contributed by atoms with van der Waals surface area (Å²) in [5, 5.41) is 0.215. The fourth-order valence-electron chi connectivity index (χ4n) is 4.32. The van der Waals surface area contributed by atoms with Gasteiger partial charge in [-0.1, -0.05) is 6.42 Å². The van der Waals surface area contributed by atoms with Gasteiger partial charge < -0.3 is 14.2 Å². The molecule has 24 heavy (non-hydrogen) atoms. The number of hydrogen-bond acceptors (Lipinski definition) is 3. The second-order valence-electron chi connectivity index (χ2n) is 7.51. The van der Waals surface area contributed by atoms with Crippen LogP contribution in [0.4, 0.5) is 0 Å². The van der Waals surface area contributed by atoms with Gasteiger partial charge in [0.2, 0.25) is 5.91 Å². The van der Waals surface area contributed by atoms with E-state index in [0.717, 1.165) is 32.4 Å². The van der Waals surface area contributed by atoms with E-state index >= 15 is 0 Å². The number of nitrogens with zero attached hydrogens (tertiary/aromatic N) is 2. The maximum atomic E-state index is 13.1. The van der Waals surface area contributed by atoms with Gasteiger partial charge in [0, 0.05) is 26.2 Å². The zero-order valence-electron chi connectivity index (χ0n) is 13.8. The molecule has 2 aliphatic heterocycles. The van der Waals surface area contributed by atoms with E-state index in [-0.39, 0.29) is 28.2 Å². The molecule has 1 atom stereocenters. The average Bonchev–Trinajstić information content (AvgIpc) is 3.14. The maximum Gasteiger partial charge on any atom is 0.289 e. The van der Waals surface area contributed by atoms with Crippen LogP contribution in [0.5, 0.6) is 0 Å². The summed E-state index contributed by atoms with van der Waals surface area (Å²) in [5.41, 5.74) is -0.381. The van der Waals surface area contributed by atoms with Crippen LogP contribution in [0, 0.1) is 11.3 Å². The number of carbonyl (C=O) groups is 2. The predicted molar refractivity (Wildman–Crippen MR) is 89.8 cm³/mol. The smallest absolute Gasteiger partial charge is 0.289 e. The topological polar surface area (TPSA) is 53.8 Å². The van der Waals surface area contributed by atoms with Crippen molar-refractivity contribution >= 4 is 23.4 Å². The molecule has 0 aromatic carbocycles. The first-order chi connectivity index (χ1) is 11.6. The van der Waals surface area contributed by atoms with Crippen molar-refractivity contribution in [1.82, 2.24) is 9.80 Å². The number of halogens is 1. The molecule has 0 bridgehead atoms. The SMILES string of the molecule is O=C(c1ccc(Cl)o1)N1CC[C@@]2(CCCN(CC3CCC3)C2=O)C1. The fourth-order valence-corrected chi connectivity index (χ4v) is 4.47. The quantitative estimate of drug-likeness (QED) is 0.841. The third kappa shape index (κ3) is 2.73. The summed E-state index contributed by atoms with van der Waals surface area (Å²) < 4.78 is 5.24. The molecule has 1 aromatic heterocycles. The van der Waals surface area contributed by atoms with Gasteiger partial charge in [0.25, 0.3) is 5.91 Å². The normalized spacial score (nSPS) is 27.8. The third-order valence-electron chi connectivity index (χ3n) is 5.95. The molecule has 0 N–H and O–H groups in total. The molecule has 2 saturated heterocycles. The Balaban J connectivity index is 1.45. The lowest BCUT2D eigenvalue weighted by Gasteiger charge is -2.42. The molecular formula is C18H23ClN2O3. The molecule has 0 radical (unpaired) electrons. The average molecular weight is 351 g/mol. The molecule has 1 aromatic rings. The van der Waals surface area contributed by atoms with Crippen LogP contribution in [-0.4, -0.2) is 47.8 Å². The molecule has 4 rings (SSSR count). The summed E-state index contributed by atoms with van der Waals surface area (Å²) in [6.45, 7) is 2.89. The minimum absolute atomic E-state index is 0.164. The summed E-state index contributed by atoms with van der Waals surface area (Å²) in [5.74, 6) is 1.04. The van der Waals surface area contributed by atoms with Crippen LogP contribution >= 0.6 is 11.6 Å². The Morgan fingerprint density at radius 2 is 2.08 bits per heavy atom. The highest BCUT2D eigenvalue weighted by Gasteiger charge is 2.50. The van der Waals surface area contributed by atoms with E-state index in [1.165, 1.54) is 19.3 Å². The Hall–Kier alpha value is -1.49. The molecule has 3 heterocycles. The number of likely N-dealkylation sites (tertiary alicyclic amines) is 2. The zero-order valence-corrected chi connectivity index (χ0v) is 14.6. The van der Waals surface area contributed by atoms with E-state index < -0.39 is 0 Å². The molecule has 3 fully saturated rings. The van der Waals surface area contributed by atoms with Gasteiger partial charge in [-0.2, -0.15) is 0 Å². The second kappa shape index (κ2) is 6.10. The van der Waals surface area contributed by atoms with Crippen LogP contribution in [0.1, 0.15) is 49.1 Å². The van der Waals surface area contributed by atoms with Gasteiger partial charge in [-0.15, -0.1) is 0 Å². The van der Waals surface area contributed by atoms with Gasteiger partial charge in [-0.25, -0.2) is 0 Å². The van der Waals surface area contributed by atoms with Crippen molar-refractivity contribution in [1.29, 1.82) is 0 Å². The molecular weight excluding hydrogens is 328 g/mol. The van der Waals surface area contributed by atoms with Crippen molar-refractivity contribution in [2.45, 2.75) is 38.5 Å². The number of piperidine rings is 1. The second-order valence-corrected chi connectivity index (χ2v) is 7.88. The van der Waals surface area contributed by atoms with Crippen LogP contribution in [0.3, 0.4) is 0 Å². The Bertz CT molecular complexity index is 654. The van der Waals surface area contributed by atoms with Crippen LogP contribution in [0.2, 0.25) is 5.22 Å². The lowest BCUT2D eigenvalue weighted by atomic mass is 9.77. The van der Waals surface area contributed by atoms with Gasteiger partial charge in [0.15, 0.2) is 11.0 Å². The fraction of sp³-hybridized carbons (Fsp3) is 0.667. The summed E-state index contributed by atoms with van der Waals surface area (Å²) in [4.78, 5) is 29.4. The van der Waals surface area contributed by atoms with E-state index in [9.17, 15) is 9.59 Å². The summed E-state index contributed by atoms with van der Waals surface area (Å²) in [7, 11) is 0. The minimum atomic E-state index is -0.381. The highest BCUT2D eigenvalue weighted by atomic mass is 35.5. The molecule has 0 unspecified atom stereocenters. The van der Waals surface area contributed by atoms with Crippen LogP contribution in [-0.2, 0) is 4.79 Å². The number of amides is 2. The van der Waals surface area contributed by atoms with Crippen molar-refractivity contribution in [2.75, 3.05) is 26.2 Å². The van der Waals surface area contributed by atoms with E-state index in [1.54, 1.807) is 17.0 Å². The van der Waals surface area contributed by atoms with E-state index in [0.29, 0.717) is 19.0 Å². The van der Waals surface area contributed by atoms with Gasteiger partial charge in [-0.05, 0) is 61.8 Å². The Morgan fingerprint density at radius 3 is 2.75 bits per heavy atom. The highest BCUT2D eigenvalue weighted by molar-refractivity contribution is 6.29. The molecule has 5 nitrogen and oxygen atoms in total. The summed E-state index contributed by atoms with van der Waals surface area (Å²) in [6, 6.07) is 3.17. The molecule has 130 valence electrons. The Morgan fingerprint density at radius 1 is 1.25 bits per heavy atom. The van der Waals surface area contributed by atoms with Crippen molar-refractivity contribution < 1.29 is 14.0 Å². The Labute approximate surface area is 146 Å². The number of hydrogen-bond donors (Lipinski definition) is 0.